The Morgan fingerprint density at radius 3 is 2.88 bits per heavy atom. The van der Waals surface area contributed by atoms with Crippen molar-refractivity contribution in [2.24, 2.45) is 0 Å². The van der Waals surface area contributed by atoms with Gasteiger partial charge in [0, 0.05) is 23.8 Å². The monoisotopic (exact) mass is 254 g/mol. The molecule has 0 spiro atoms. The molecule has 1 unspecified atom stereocenters. The lowest BCUT2D eigenvalue weighted by Gasteiger charge is -2.06. The van der Waals surface area contributed by atoms with Crippen molar-refractivity contribution in [3.8, 4) is 0 Å². The van der Waals surface area contributed by atoms with Crippen LogP contribution in [-0.4, -0.2) is 34.4 Å². The van der Waals surface area contributed by atoms with Crippen LogP contribution in [0.3, 0.4) is 0 Å². The molecule has 0 aliphatic heterocycles. The Morgan fingerprint density at radius 2 is 2.24 bits per heavy atom. The third-order valence-corrected chi connectivity index (χ3v) is 3.15. The number of amides is 1. The summed E-state index contributed by atoms with van der Waals surface area (Å²) in [6.07, 6.45) is 4.66. The van der Waals surface area contributed by atoms with Gasteiger partial charge in [0.05, 0.1) is 11.9 Å². The lowest BCUT2D eigenvalue weighted by molar-refractivity contribution is -0.118. The molecule has 1 rings (SSSR count). The van der Waals surface area contributed by atoms with E-state index in [-0.39, 0.29) is 12.0 Å². The number of nitrogens with zero attached hydrogens (tertiary/aromatic N) is 1. The first-order valence-electron chi connectivity index (χ1n) is 5.66. The number of aromatic nitrogens is 1. The molecular formula is C12H18N2O2S. The molecule has 5 heteroatoms. The lowest BCUT2D eigenvalue weighted by Crippen LogP contribution is -2.26. The molecule has 0 fully saturated rings. The zero-order valence-corrected chi connectivity index (χ0v) is 10.7. The fourth-order valence-electron chi connectivity index (χ4n) is 1.26. The highest BCUT2D eigenvalue weighted by Gasteiger charge is 2.02. The molecule has 0 saturated heterocycles. The predicted molar refractivity (Wildman–Crippen MR) is 68.9 cm³/mol. The molecule has 0 saturated carbocycles. The predicted octanol–water partition coefficient (Wildman–Crippen LogP) is 1.45. The van der Waals surface area contributed by atoms with Gasteiger partial charge in [0.1, 0.15) is 0 Å². The van der Waals surface area contributed by atoms with Crippen LogP contribution in [-0.2, 0) is 4.79 Å². The van der Waals surface area contributed by atoms with E-state index in [1.54, 1.807) is 19.3 Å². The molecule has 1 aromatic rings. The summed E-state index contributed by atoms with van der Waals surface area (Å²) in [6.45, 7) is 2.38. The normalized spacial score (nSPS) is 12.1. The summed E-state index contributed by atoms with van der Waals surface area (Å²) in [6, 6.07) is 3.76. The second-order valence-electron chi connectivity index (χ2n) is 3.81. The quantitative estimate of drug-likeness (QED) is 0.571. The molecule has 1 atom stereocenters. The Kier molecular flexibility index (Phi) is 6.65. The summed E-state index contributed by atoms with van der Waals surface area (Å²) in [5.41, 5.74) is 0. The van der Waals surface area contributed by atoms with E-state index in [2.05, 4.69) is 10.3 Å². The van der Waals surface area contributed by atoms with Crippen molar-refractivity contribution in [2.75, 3.05) is 12.3 Å². The van der Waals surface area contributed by atoms with Crippen LogP contribution in [0.5, 0.6) is 0 Å². The van der Waals surface area contributed by atoms with Gasteiger partial charge in [-0.2, -0.15) is 0 Å². The maximum Gasteiger partial charge on any atom is 0.230 e. The van der Waals surface area contributed by atoms with E-state index in [4.69, 9.17) is 5.11 Å². The van der Waals surface area contributed by atoms with Gasteiger partial charge in [-0.3, -0.25) is 9.78 Å². The van der Waals surface area contributed by atoms with Crippen molar-refractivity contribution in [2.45, 2.75) is 30.8 Å². The van der Waals surface area contributed by atoms with Crippen LogP contribution < -0.4 is 5.32 Å². The van der Waals surface area contributed by atoms with Gasteiger partial charge in [0.2, 0.25) is 5.91 Å². The highest BCUT2D eigenvalue weighted by Crippen LogP contribution is 2.15. The molecule has 0 radical (unpaired) electrons. The van der Waals surface area contributed by atoms with E-state index in [0.717, 1.165) is 17.7 Å². The Labute approximate surface area is 106 Å². The number of pyridine rings is 1. The average Bonchev–Trinajstić information content (AvgIpc) is 2.33. The van der Waals surface area contributed by atoms with Crippen molar-refractivity contribution in [1.29, 1.82) is 0 Å². The SMILES string of the molecule is CC(O)CCCNC(=O)CSc1ccncc1. The van der Waals surface area contributed by atoms with E-state index in [0.29, 0.717) is 12.3 Å². The molecule has 1 amide bonds. The van der Waals surface area contributed by atoms with Gasteiger partial charge in [-0.15, -0.1) is 11.8 Å². The number of rotatable bonds is 7. The number of hydrogen-bond donors (Lipinski definition) is 2. The minimum absolute atomic E-state index is 0.0254. The van der Waals surface area contributed by atoms with Crippen molar-refractivity contribution in [1.82, 2.24) is 10.3 Å². The minimum Gasteiger partial charge on any atom is -0.393 e. The summed E-state index contributed by atoms with van der Waals surface area (Å²) in [5, 5.41) is 11.9. The third-order valence-electron chi connectivity index (χ3n) is 2.14. The number of carbonyl (C=O) groups excluding carboxylic acids is 1. The first kappa shape index (κ1) is 14.0. The van der Waals surface area contributed by atoms with E-state index >= 15 is 0 Å². The molecule has 1 heterocycles. The maximum absolute atomic E-state index is 11.5. The zero-order chi connectivity index (χ0) is 12.5. The van der Waals surface area contributed by atoms with E-state index in [9.17, 15) is 4.79 Å². The second kappa shape index (κ2) is 8.08. The topological polar surface area (TPSA) is 62.2 Å². The summed E-state index contributed by atoms with van der Waals surface area (Å²) in [7, 11) is 0. The number of carbonyl (C=O) groups is 1. The molecule has 0 bridgehead atoms. The van der Waals surface area contributed by atoms with Crippen LogP contribution >= 0.6 is 11.8 Å². The second-order valence-corrected chi connectivity index (χ2v) is 4.86. The van der Waals surface area contributed by atoms with Gasteiger partial charge >= 0.3 is 0 Å². The molecule has 0 aromatic carbocycles. The Hall–Kier alpha value is -1.07. The Balaban J connectivity index is 2.09. The van der Waals surface area contributed by atoms with Gasteiger partial charge in [0.15, 0.2) is 0 Å². The van der Waals surface area contributed by atoms with E-state index in [1.165, 1.54) is 11.8 Å². The maximum atomic E-state index is 11.5. The van der Waals surface area contributed by atoms with Crippen molar-refractivity contribution >= 4 is 17.7 Å². The standard InChI is InChI=1S/C12H18N2O2S/c1-10(15)3-2-6-14-12(16)9-17-11-4-7-13-8-5-11/h4-5,7-8,10,15H,2-3,6,9H2,1H3,(H,14,16). The van der Waals surface area contributed by atoms with Gasteiger partial charge in [0.25, 0.3) is 0 Å². The van der Waals surface area contributed by atoms with Crippen LogP contribution in [0.15, 0.2) is 29.4 Å². The van der Waals surface area contributed by atoms with Crippen LogP contribution in [0.2, 0.25) is 0 Å². The highest BCUT2D eigenvalue weighted by molar-refractivity contribution is 8.00. The fourth-order valence-corrected chi connectivity index (χ4v) is 1.97. The average molecular weight is 254 g/mol. The Bertz CT molecular complexity index is 331. The van der Waals surface area contributed by atoms with Crippen molar-refractivity contribution in [3.63, 3.8) is 0 Å². The van der Waals surface area contributed by atoms with Gasteiger partial charge in [-0.1, -0.05) is 0 Å². The molecule has 0 aliphatic rings. The van der Waals surface area contributed by atoms with E-state index in [1.807, 2.05) is 12.1 Å². The largest absolute Gasteiger partial charge is 0.393 e. The van der Waals surface area contributed by atoms with Crippen LogP contribution in [0.4, 0.5) is 0 Å². The number of nitrogens with one attached hydrogen (secondary N) is 1. The molecule has 1 aromatic heterocycles. The first-order valence-corrected chi connectivity index (χ1v) is 6.64. The van der Waals surface area contributed by atoms with E-state index < -0.39 is 0 Å². The Morgan fingerprint density at radius 1 is 1.53 bits per heavy atom. The third kappa shape index (κ3) is 6.97. The summed E-state index contributed by atoms with van der Waals surface area (Å²) in [4.78, 5) is 16.4. The van der Waals surface area contributed by atoms with Crippen LogP contribution in [0, 0.1) is 0 Å². The molecule has 4 nitrogen and oxygen atoms in total. The molecule has 0 aliphatic carbocycles. The van der Waals surface area contributed by atoms with Gasteiger partial charge in [-0.25, -0.2) is 0 Å². The fraction of sp³-hybridized carbons (Fsp3) is 0.500. The molecule has 94 valence electrons. The molecule has 2 N–H and O–H groups in total. The van der Waals surface area contributed by atoms with Crippen LogP contribution in [0.25, 0.3) is 0 Å². The van der Waals surface area contributed by atoms with Crippen molar-refractivity contribution in [3.05, 3.63) is 24.5 Å². The molecular weight excluding hydrogens is 236 g/mol. The first-order chi connectivity index (χ1) is 8.18. The van der Waals surface area contributed by atoms with Gasteiger partial charge < -0.3 is 10.4 Å². The number of aliphatic hydroxyl groups excluding tert-OH is 1. The smallest absolute Gasteiger partial charge is 0.230 e. The highest BCUT2D eigenvalue weighted by atomic mass is 32.2. The van der Waals surface area contributed by atoms with Crippen molar-refractivity contribution < 1.29 is 9.90 Å². The summed E-state index contributed by atoms with van der Waals surface area (Å²) < 4.78 is 0. The summed E-state index contributed by atoms with van der Waals surface area (Å²) in [5.74, 6) is 0.441. The number of aliphatic hydroxyl groups is 1. The zero-order valence-electron chi connectivity index (χ0n) is 9.93. The van der Waals surface area contributed by atoms with Gasteiger partial charge in [-0.05, 0) is 31.9 Å². The number of hydrogen-bond acceptors (Lipinski definition) is 4. The lowest BCUT2D eigenvalue weighted by atomic mass is 10.2. The minimum atomic E-state index is -0.293. The molecule has 17 heavy (non-hydrogen) atoms. The number of thioether (sulfide) groups is 1. The van der Waals surface area contributed by atoms with Crippen LogP contribution in [0.1, 0.15) is 19.8 Å². The summed E-state index contributed by atoms with van der Waals surface area (Å²) >= 11 is 1.49.